The van der Waals surface area contributed by atoms with Crippen LogP contribution in [0.5, 0.6) is 0 Å². The van der Waals surface area contributed by atoms with Crippen LogP contribution in [0.1, 0.15) is 103 Å². The molecule has 1 unspecified atom stereocenters. The van der Waals surface area contributed by atoms with Gasteiger partial charge >= 0.3 is 0 Å². The van der Waals surface area contributed by atoms with E-state index in [1.54, 1.807) is 0 Å². The van der Waals surface area contributed by atoms with Gasteiger partial charge in [0.25, 0.3) is 0 Å². The molecule has 0 saturated carbocycles. The number of carbonyl (C=O) groups is 1. The van der Waals surface area contributed by atoms with E-state index in [9.17, 15) is 4.79 Å². The van der Waals surface area contributed by atoms with E-state index in [1.807, 2.05) is 20.8 Å². The Balaban J connectivity index is 5.14. The molecule has 4 heteroatoms. The van der Waals surface area contributed by atoms with Crippen molar-refractivity contribution >= 4 is 13.8 Å². The number of nitrogens with one attached hydrogen (secondary N) is 1. The van der Waals surface area contributed by atoms with Crippen molar-refractivity contribution in [3.8, 4) is 0 Å². The maximum Gasteiger partial charge on any atom is 0.225 e. The number of hydrogen-bond acceptors (Lipinski definition) is 2. The molecule has 0 aromatic heterocycles. The minimum Gasteiger partial charge on any atom is -0.378 e. The fraction of sp³-hybridized carbons (Fsp3) is 0.955. The van der Waals surface area contributed by atoms with Crippen LogP contribution in [0.2, 0.25) is 0 Å². The third-order valence-electron chi connectivity index (χ3n) is 5.45. The molecule has 0 fully saturated rings. The Kier molecular flexibility index (Phi) is 7.34. The number of ether oxygens (including phenoxy) is 1. The van der Waals surface area contributed by atoms with Gasteiger partial charge in [0.05, 0.1) is 5.60 Å². The van der Waals surface area contributed by atoms with Crippen LogP contribution in [-0.4, -0.2) is 30.4 Å². The predicted molar refractivity (Wildman–Crippen MR) is 116 cm³/mol. The Morgan fingerprint density at radius 3 is 1.58 bits per heavy atom. The summed E-state index contributed by atoms with van der Waals surface area (Å²) >= 11 is 0. The largest absolute Gasteiger partial charge is 0.378 e. The second-order valence-electron chi connectivity index (χ2n) is 12.7. The Morgan fingerprint density at radius 1 is 0.808 bits per heavy atom. The van der Waals surface area contributed by atoms with Crippen LogP contribution in [0.3, 0.4) is 0 Å². The first kappa shape index (κ1) is 25.5. The van der Waals surface area contributed by atoms with Crippen molar-refractivity contribution in [2.24, 2.45) is 16.2 Å². The van der Waals surface area contributed by atoms with Crippen LogP contribution < -0.4 is 5.32 Å². The molecular formula is C22H46BNO2. The van der Waals surface area contributed by atoms with Crippen molar-refractivity contribution in [3.63, 3.8) is 0 Å². The van der Waals surface area contributed by atoms with Crippen molar-refractivity contribution in [3.05, 3.63) is 0 Å². The maximum absolute atomic E-state index is 12.4. The van der Waals surface area contributed by atoms with Crippen LogP contribution >= 0.6 is 0 Å². The van der Waals surface area contributed by atoms with Crippen LogP contribution in [0.4, 0.5) is 0 Å². The van der Waals surface area contributed by atoms with Crippen molar-refractivity contribution < 1.29 is 9.53 Å². The van der Waals surface area contributed by atoms with E-state index in [0.717, 1.165) is 12.8 Å². The van der Waals surface area contributed by atoms with E-state index in [1.165, 1.54) is 0 Å². The highest BCUT2D eigenvalue weighted by Crippen LogP contribution is 2.45. The summed E-state index contributed by atoms with van der Waals surface area (Å²) in [4.78, 5) is 12.4. The maximum atomic E-state index is 12.4. The third-order valence-corrected chi connectivity index (χ3v) is 5.45. The van der Waals surface area contributed by atoms with Gasteiger partial charge < -0.3 is 10.1 Å². The zero-order valence-corrected chi connectivity index (χ0v) is 20.2. The van der Waals surface area contributed by atoms with Crippen LogP contribution in [0, 0.1) is 16.2 Å². The molecule has 1 atom stereocenters. The molecule has 26 heavy (non-hydrogen) atoms. The van der Waals surface area contributed by atoms with Gasteiger partial charge in [-0.05, 0) is 58.3 Å². The Hall–Kier alpha value is -0.505. The van der Waals surface area contributed by atoms with Gasteiger partial charge in [0.1, 0.15) is 7.85 Å². The van der Waals surface area contributed by atoms with Crippen molar-refractivity contribution in [2.45, 2.75) is 119 Å². The lowest BCUT2D eigenvalue weighted by molar-refractivity contribution is -0.135. The average molecular weight is 367 g/mol. The zero-order chi connectivity index (χ0) is 21.4. The third kappa shape index (κ3) is 8.46. The van der Waals surface area contributed by atoms with E-state index < -0.39 is 5.41 Å². The van der Waals surface area contributed by atoms with Gasteiger partial charge in [0.15, 0.2) is 0 Å². The summed E-state index contributed by atoms with van der Waals surface area (Å²) in [6.45, 7) is 28.0. The highest BCUT2D eigenvalue weighted by Gasteiger charge is 2.42. The van der Waals surface area contributed by atoms with Gasteiger partial charge in [-0.3, -0.25) is 4.79 Å². The lowest BCUT2D eigenvalue weighted by Crippen LogP contribution is -2.54. The average Bonchev–Trinajstić information content (AvgIpc) is 2.18. The molecule has 154 valence electrons. The molecule has 0 heterocycles. The number of carbonyl (C=O) groups excluding carboxylic acids is 1. The van der Waals surface area contributed by atoms with E-state index in [2.05, 4.69) is 82.4 Å². The summed E-state index contributed by atoms with van der Waals surface area (Å²) in [5, 5.41) is 3.19. The van der Waals surface area contributed by atoms with Crippen molar-refractivity contribution in [2.75, 3.05) is 0 Å². The molecule has 0 aliphatic carbocycles. The molecule has 0 aliphatic heterocycles. The van der Waals surface area contributed by atoms with E-state index >= 15 is 0 Å². The highest BCUT2D eigenvalue weighted by atomic mass is 16.5. The lowest BCUT2D eigenvalue weighted by Gasteiger charge is -2.47. The van der Waals surface area contributed by atoms with Gasteiger partial charge in [-0.2, -0.15) is 0 Å². The molecule has 0 spiro atoms. The lowest BCUT2D eigenvalue weighted by atomic mass is 9.64. The molecule has 3 nitrogen and oxygen atoms in total. The highest BCUT2D eigenvalue weighted by molar-refractivity contribution is 6.14. The van der Waals surface area contributed by atoms with Gasteiger partial charge in [-0.15, -0.1) is 0 Å². The predicted octanol–water partition coefficient (Wildman–Crippen LogP) is 4.92. The molecule has 1 N–H and O–H groups in total. The fourth-order valence-corrected chi connectivity index (χ4v) is 3.75. The topological polar surface area (TPSA) is 38.3 Å². The van der Waals surface area contributed by atoms with Gasteiger partial charge in [0, 0.05) is 16.5 Å². The van der Waals surface area contributed by atoms with Crippen molar-refractivity contribution in [1.82, 2.24) is 5.32 Å². The summed E-state index contributed by atoms with van der Waals surface area (Å²) in [6, 6.07) is 0. The number of amides is 1. The normalized spacial score (nSPS) is 17.0. The van der Waals surface area contributed by atoms with Gasteiger partial charge in [0.2, 0.25) is 5.91 Å². The first-order valence-corrected chi connectivity index (χ1v) is 10.0. The number of rotatable bonds is 7. The summed E-state index contributed by atoms with van der Waals surface area (Å²) < 4.78 is 6.61. The molecule has 1 amide bonds. The summed E-state index contributed by atoms with van der Waals surface area (Å²) in [5.74, 6) is 0.0754. The second kappa shape index (κ2) is 7.49. The first-order chi connectivity index (χ1) is 11.0. The minimum atomic E-state index is -0.391. The summed E-state index contributed by atoms with van der Waals surface area (Å²) in [6.07, 6.45) is 1.73. The standard InChI is InChI=1S/C22H46BNO2/c1-17(2,3)16(25)24-20(9,10)15-22(13,23)26-21(11,12)14-19(7,8)18(4,5)6/h14-15,23H2,1-13H3,(H,24,25). The second-order valence-corrected chi connectivity index (χ2v) is 12.7. The molecule has 0 rings (SSSR count). The van der Waals surface area contributed by atoms with E-state index in [0.29, 0.717) is 0 Å². The molecule has 0 aromatic rings. The van der Waals surface area contributed by atoms with Crippen LogP contribution in [0.25, 0.3) is 0 Å². The molecule has 0 aromatic carbocycles. The molecule has 0 saturated heterocycles. The van der Waals surface area contributed by atoms with Crippen LogP contribution in [-0.2, 0) is 9.53 Å². The molecule has 0 aliphatic rings. The zero-order valence-electron chi connectivity index (χ0n) is 20.2. The minimum absolute atomic E-state index is 0.0754. The number of hydrogen-bond donors (Lipinski definition) is 1. The summed E-state index contributed by atoms with van der Waals surface area (Å²) in [7, 11) is 2.13. The quantitative estimate of drug-likeness (QED) is 0.648. The Morgan fingerprint density at radius 2 is 1.23 bits per heavy atom. The molecule has 0 bridgehead atoms. The SMILES string of the molecule is BC(C)(CC(C)(C)NC(=O)C(C)(C)C)OC(C)(C)CC(C)(C)C(C)(C)C. The Bertz CT molecular complexity index is 491. The monoisotopic (exact) mass is 367 g/mol. The molecule has 0 radical (unpaired) electrons. The Labute approximate surface area is 164 Å². The fourth-order valence-electron chi connectivity index (χ4n) is 3.75. The van der Waals surface area contributed by atoms with Gasteiger partial charge in [-0.1, -0.05) is 55.4 Å². The molecular weight excluding hydrogens is 321 g/mol. The van der Waals surface area contributed by atoms with E-state index in [-0.39, 0.29) is 33.4 Å². The van der Waals surface area contributed by atoms with Gasteiger partial charge in [-0.25, -0.2) is 0 Å². The smallest absolute Gasteiger partial charge is 0.225 e. The summed E-state index contributed by atoms with van der Waals surface area (Å²) in [5.41, 5.74) is -0.946. The van der Waals surface area contributed by atoms with E-state index in [4.69, 9.17) is 4.74 Å². The first-order valence-electron chi connectivity index (χ1n) is 10.0. The van der Waals surface area contributed by atoms with Crippen LogP contribution in [0.15, 0.2) is 0 Å². The van der Waals surface area contributed by atoms with Crippen molar-refractivity contribution in [1.29, 1.82) is 0 Å².